The molecule has 124 valence electrons. The molecule has 0 radical (unpaired) electrons. The number of amides is 1. The van der Waals surface area contributed by atoms with Crippen molar-refractivity contribution in [3.8, 4) is 0 Å². The summed E-state index contributed by atoms with van der Waals surface area (Å²) in [5, 5.41) is 1.72. The molecule has 1 N–H and O–H groups in total. The van der Waals surface area contributed by atoms with Crippen molar-refractivity contribution < 1.29 is 13.2 Å². The van der Waals surface area contributed by atoms with Crippen LogP contribution in [0.1, 0.15) is 40.2 Å². The number of nitrogens with one attached hydrogen (secondary N) is 1. The van der Waals surface area contributed by atoms with Gasteiger partial charge in [0.2, 0.25) is 5.91 Å². The molecule has 1 rings (SSSR count). The Kier molecular flexibility index (Phi) is 6.04. The van der Waals surface area contributed by atoms with Crippen LogP contribution in [-0.2, 0) is 20.0 Å². The predicted molar refractivity (Wildman–Crippen MR) is 91.0 cm³/mol. The van der Waals surface area contributed by atoms with Crippen LogP contribution in [0.4, 0.5) is 0 Å². The van der Waals surface area contributed by atoms with Crippen LogP contribution in [0.25, 0.3) is 0 Å². The van der Waals surface area contributed by atoms with E-state index in [9.17, 15) is 13.2 Å². The molecule has 0 bridgehead atoms. The molecule has 0 saturated carbocycles. The number of halogens is 1. The van der Waals surface area contributed by atoms with Gasteiger partial charge in [-0.15, -0.1) is 0 Å². The van der Waals surface area contributed by atoms with Crippen LogP contribution in [0.2, 0.25) is 5.02 Å². The second kappa shape index (κ2) is 7.01. The summed E-state index contributed by atoms with van der Waals surface area (Å²) >= 11 is 6.19. The summed E-state index contributed by atoms with van der Waals surface area (Å²) in [4.78, 5) is 12.1. The first-order valence-corrected chi connectivity index (χ1v) is 9.24. The fourth-order valence-electron chi connectivity index (χ4n) is 2.11. The van der Waals surface area contributed by atoms with Crippen molar-refractivity contribution in [3.63, 3.8) is 0 Å². The lowest BCUT2D eigenvalue weighted by Gasteiger charge is -2.27. The molecular weight excluding hydrogens is 322 g/mol. The number of carbonyl (C=O) groups is 1. The molecule has 0 fully saturated rings. The van der Waals surface area contributed by atoms with Gasteiger partial charge in [-0.2, -0.15) is 0 Å². The fraction of sp³-hybridized carbons (Fsp3) is 0.562. The zero-order valence-electron chi connectivity index (χ0n) is 13.7. The Morgan fingerprint density at radius 3 is 2.27 bits per heavy atom. The summed E-state index contributed by atoms with van der Waals surface area (Å²) in [6.45, 7) is 8.80. The van der Waals surface area contributed by atoms with Crippen molar-refractivity contribution in [3.05, 3.63) is 34.9 Å². The lowest BCUT2D eigenvalue weighted by atomic mass is 9.84. The van der Waals surface area contributed by atoms with Crippen molar-refractivity contribution >= 4 is 27.3 Å². The summed E-state index contributed by atoms with van der Waals surface area (Å²) in [6, 6.07) is 7.43. The first-order valence-electron chi connectivity index (χ1n) is 7.25. The third kappa shape index (κ3) is 4.23. The first-order chi connectivity index (χ1) is 10.00. The molecule has 0 heterocycles. The van der Waals surface area contributed by atoms with Crippen LogP contribution >= 0.6 is 11.6 Å². The number of hydrogen-bond acceptors (Lipinski definition) is 3. The van der Waals surface area contributed by atoms with Crippen LogP contribution in [0.5, 0.6) is 0 Å². The molecule has 4 nitrogen and oxygen atoms in total. The Morgan fingerprint density at radius 2 is 1.77 bits per heavy atom. The SMILES string of the molecule is CC(C)S(=O)(=O)[C@H](C)C(=O)NCC(C)(C)c1ccccc1Cl. The van der Waals surface area contributed by atoms with Gasteiger partial charge in [-0.3, -0.25) is 4.79 Å². The number of sulfone groups is 1. The van der Waals surface area contributed by atoms with E-state index in [0.29, 0.717) is 11.6 Å². The Labute approximate surface area is 138 Å². The van der Waals surface area contributed by atoms with Gasteiger partial charge in [0.25, 0.3) is 0 Å². The molecule has 1 atom stereocenters. The highest BCUT2D eigenvalue weighted by atomic mass is 35.5. The van der Waals surface area contributed by atoms with E-state index in [2.05, 4.69) is 5.32 Å². The van der Waals surface area contributed by atoms with E-state index in [-0.39, 0.29) is 0 Å². The Bertz CT molecular complexity index is 639. The van der Waals surface area contributed by atoms with Gasteiger partial charge in [-0.05, 0) is 32.4 Å². The van der Waals surface area contributed by atoms with Crippen LogP contribution < -0.4 is 5.32 Å². The second-order valence-electron chi connectivity index (χ2n) is 6.36. The molecule has 1 aromatic carbocycles. The third-order valence-corrected chi connectivity index (χ3v) is 6.67. The summed E-state index contributed by atoms with van der Waals surface area (Å²) in [5.74, 6) is -0.478. The van der Waals surface area contributed by atoms with E-state index in [4.69, 9.17) is 11.6 Å². The van der Waals surface area contributed by atoms with Gasteiger partial charge in [0.05, 0.1) is 5.25 Å². The zero-order chi connectivity index (χ0) is 17.1. The number of hydrogen-bond donors (Lipinski definition) is 1. The summed E-state index contributed by atoms with van der Waals surface area (Å²) in [5.41, 5.74) is 0.520. The zero-order valence-corrected chi connectivity index (χ0v) is 15.3. The summed E-state index contributed by atoms with van der Waals surface area (Å²) < 4.78 is 24.1. The maximum Gasteiger partial charge on any atom is 0.238 e. The second-order valence-corrected chi connectivity index (χ2v) is 9.60. The average molecular weight is 346 g/mol. The molecule has 22 heavy (non-hydrogen) atoms. The van der Waals surface area contributed by atoms with Gasteiger partial charge in [-0.25, -0.2) is 8.42 Å². The van der Waals surface area contributed by atoms with Gasteiger partial charge < -0.3 is 5.32 Å². The minimum absolute atomic E-state index is 0.313. The predicted octanol–water partition coefficient (Wildman–Crippen LogP) is 2.95. The average Bonchev–Trinajstić information content (AvgIpc) is 2.44. The largest absolute Gasteiger partial charge is 0.354 e. The van der Waals surface area contributed by atoms with Crippen LogP contribution in [0, 0.1) is 0 Å². The maximum absolute atomic E-state index is 12.1. The monoisotopic (exact) mass is 345 g/mol. The smallest absolute Gasteiger partial charge is 0.238 e. The van der Waals surface area contributed by atoms with Crippen LogP contribution in [0.15, 0.2) is 24.3 Å². The van der Waals surface area contributed by atoms with Crippen LogP contribution in [-0.4, -0.2) is 31.4 Å². The van der Waals surface area contributed by atoms with Crippen molar-refractivity contribution in [2.75, 3.05) is 6.54 Å². The summed E-state index contributed by atoms with van der Waals surface area (Å²) in [7, 11) is -3.45. The van der Waals surface area contributed by atoms with Gasteiger partial charge >= 0.3 is 0 Å². The number of rotatable bonds is 6. The van der Waals surface area contributed by atoms with E-state index >= 15 is 0 Å². The molecule has 6 heteroatoms. The first kappa shape index (κ1) is 19.0. The fourth-order valence-corrected chi connectivity index (χ4v) is 3.70. The van der Waals surface area contributed by atoms with Crippen molar-refractivity contribution in [1.29, 1.82) is 0 Å². The van der Waals surface area contributed by atoms with E-state index < -0.39 is 31.7 Å². The summed E-state index contributed by atoms with van der Waals surface area (Å²) in [6.07, 6.45) is 0. The molecule has 0 saturated heterocycles. The Balaban J connectivity index is 2.81. The standard InChI is InChI=1S/C16H24ClNO3S/c1-11(2)22(20,21)12(3)15(19)18-10-16(4,5)13-8-6-7-9-14(13)17/h6-9,11-12H,10H2,1-5H3,(H,18,19)/t12-/m1/s1. The lowest BCUT2D eigenvalue weighted by Crippen LogP contribution is -2.45. The molecule has 0 aromatic heterocycles. The molecule has 0 aliphatic carbocycles. The van der Waals surface area contributed by atoms with Crippen molar-refractivity contribution in [2.45, 2.75) is 50.5 Å². The molecule has 1 amide bonds. The highest BCUT2D eigenvalue weighted by molar-refractivity contribution is 7.93. The minimum Gasteiger partial charge on any atom is -0.354 e. The van der Waals surface area contributed by atoms with E-state index in [0.717, 1.165) is 5.56 Å². The van der Waals surface area contributed by atoms with Gasteiger partial charge in [-0.1, -0.05) is 43.6 Å². The topological polar surface area (TPSA) is 63.2 Å². The molecule has 0 unspecified atom stereocenters. The van der Waals surface area contributed by atoms with E-state index in [1.165, 1.54) is 6.92 Å². The van der Waals surface area contributed by atoms with Gasteiger partial charge in [0.1, 0.15) is 5.25 Å². The highest BCUT2D eigenvalue weighted by Crippen LogP contribution is 2.29. The quantitative estimate of drug-likeness (QED) is 0.862. The van der Waals surface area contributed by atoms with Crippen molar-refractivity contribution in [2.24, 2.45) is 0 Å². The Morgan fingerprint density at radius 1 is 1.23 bits per heavy atom. The third-order valence-electron chi connectivity index (χ3n) is 3.83. The lowest BCUT2D eigenvalue weighted by molar-refractivity contribution is -0.120. The Hall–Kier alpha value is -1.07. The van der Waals surface area contributed by atoms with Gasteiger partial charge in [0.15, 0.2) is 9.84 Å². The van der Waals surface area contributed by atoms with Crippen LogP contribution in [0.3, 0.4) is 0 Å². The minimum atomic E-state index is -3.45. The van der Waals surface area contributed by atoms with Gasteiger partial charge in [0, 0.05) is 17.0 Å². The molecule has 0 spiro atoms. The number of carbonyl (C=O) groups excluding carboxylic acids is 1. The van der Waals surface area contributed by atoms with Crippen molar-refractivity contribution in [1.82, 2.24) is 5.32 Å². The highest BCUT2D eigenvalue weighted by Gasteiger charge is 2.32. The maximum atomic E-state index is 12.1. The molecule has 1 aromatic rings. The molecule has 0 aliphatic heterocycles. The molecule has 0 aliphatic rings. The molecular formula is C16H24ClNO3S. The number of benzene rings is 1. The van der Waals surface area contributed by atoms with E-state index in [1.54, 1.807) is 19.9 Å². The normalized spacial score (nSPS) is 14.0. The van der Waals surface area contributed by atoms with E-state index in [1.807, 2.05) is 32.0 Å².